The molecule has 0 saturated carbocycles. The van der Waals surface area contributed by atoms with E-state index in [-0.39, 0.29) is 19.2 Å². The third kappa shape index (κ3) is 4.01. The molecule has 5 heteroatoms. The van der Waals surface area contributed by atoms with Gasteiger partial charge in [-0.1, -0.05) is 18.2 Å². The van der Waals surface area contributed by atoms with Gasteiger partial charge >= 0.3 is 5.97 Å². The molecule has 0 spiro atoms. The zero-order chi connectivity index (χ0) is 13.4. The number of methoxy groups -OCH3 is 1. The summed E-state index contributed by atoms with van der Waals surface area (Å²) in [6, 6.07) is 6.93. The molecule has 0 aliphatic carbocycles. The molecule has 0 aromatic heterocycles. The summed E-state index contributed by atoms with van der Waals surface area (Å²) in [7, 11) is 3.01. The van der Waals surface area contributed by atoms with Crippen molar-refractivity contribution in [3.63, 3.8) is 0 Å². The minimum Gasteiger partial charge on any atom is -0.491 e. The zero-order valence-electron chi connectivity index (χ0n) is 10.7. The van der Waals surface area contributed by atoms with E-state index in [1.165, 1.54) is 7.11 Å². The molecule has 0 heterocycles. The van der Waals surface area contributed by atoms with Crippen LogP contribution in [0.1, 0.15) is 5.56 Å². The third-order valence-electron chi connectivity index (χ3n) is 2.59. The van der Waals surface area contributed by atoms with Gasteiger partial charge in [0.1, 0.15) is 18.4 Å². The standard InChI is InChI=1S/C13H19NO4/c1-14-11(13(16)17-2)9-18-12-6-4-3-5-10(12)7-8-15/h3-6,11,14-15H,7-9H2,1-2H3. The van der Waals surface area contributed by atoms with Crippen molar-refractivity contribution in [1.29, 1.82) is 0 Å². The first-order valence-corrected chi connectivity index (χ1v) is 5.79. The highest BCUT2D eigenvalue weighted by atomic mass is 16.5. The van der Waals surface area contributed by atoms with E-state index in [4.69, 9.17) is 9.84 Å². The van der Waals surface area contributed by atoms with Gasteiger partial charge in [0, 0.05) is 6.61 Å². The Morgan fingerprint density at radius 3 is 2.78 bits per heavy atom. The Hall–Kier alpha value is -1.59. The Bertz CT molecular complexity index is 381. The monoisotopic (exact) mass is 253 g/mol. The lowest BCUT2D eigenvalue weighted by Gasteiger charge is -2.16. The number of nitrogens with one attached hydrogen (secondary N) is 1. The summed E-state index contributed by atoms with van der Waals surface area (Å²) in [5.74, 6) is 0.313. The number of aliphatic hydroxyl groups is 1. The van der Waals surface area contributed by atoms with Gasteiger partial charge in [-0.15, -0.1) is 0 Å². The summed E-state index contributed by atoms with van der Waals surface area (Å²) >= 11 is 0. The summed E-state index contributed by atoms with van der Waals surface area (Å²) < 4.78 is 10.2. The maximum Gasteiger partial charge on any atom is 0.326 e. The lowest BCUT2D eigenvalue weighted by Crippen LogP contribution is -2.40. The first-order chi connectivity index (χ1) is 8.72. The van der Waals surface area contributed by atoms with Gasteiger partial charge in [0.15, 0.2) is 0 Å². The number of carbonyl (C=O) groups is 1. The van der Waals surface area contributed by atoms with Gasteiger partial charge in [-0.25, -0.2) is 0 Å². The quantitative estimate of drug-likeness (QED) is 0.687. The van der Waals surface area contributed by atoms with Gasteiger partial charge in [0.25, 0.3) is 0 Å². The molecule has 2 N–H and O–H groups in total. The molecule has 1 rings (SSSR count). The van der Waals surface area contributed by atoms with Crippen LogP contribution in [0.3, 0.4) is 0 Å². The molecule has 1 aromatic rings. The van der Waals surface area contributed by atoms with Crippen molar-refractivity contribution < 1.29 is 19.4 Å². The normalized spacial score (nSPS) is 11.9. The van der Waals surface area contributed by atoms with E-state index < -0.39 is 6.04 Å². The number of rotatable bonds is 7. The highest BCUT2D eigenvalue weighted by Gasteiger charge is 2.18. The van der Waals surface area contributed by atoms with Gasteiger partial charge < -0.3 is 19.9 Å². The molecule has 1 aromatic carbocycles. The van der Waals surface area contributed by atoms with Crippen molar-refractivity contribution in [1.82, 2.24) is 5.32 Å². The van der Waals surface area contributed by atoms with Crippen molar-refractivity contribution in [2.24, 2.45) is 0 Å². The smallest absolute Gasteiger partial charge is 0.326 e. The topological polar surface area (TPSA) is 67.8 Å². The number of ether oxygens (including phenoxy) is 2. The second kappa shape index (κ2) is 7.68. The van der Waals surface area contributed by atoms with E-state index in [1.54, 1.807) is 7.05 Å². The van der Waals surface area contributed by atoms with Crippen LogP contribution in [-0.4, -0.2) is 44.5 Å². The molecular formula is C13H19NO4. The summed E-state index contributed by atoms with van der Waals surface area (Å²) in [5, 5.41) is 11.8. The highest BCUT2D eigenvalue weighted by molar-refractivity contribution is 5.75. The van der Waals surface area contributed by atoms with Crippen LogP contribution in [0.15, 0.2) is 24.3 Å². The number of likely N-dealkylation sites (N-methyl/N-ethyl adjacent to an activating group) is 1. The van der Waals surface area contributed by atoms with E-state index in [2.05, 4.69) is 10.1 Å². The Kier molecular flexibility index (Phi) is 6.18. The number of aliphatic hydroxyl groups excluding tert-OH is 1. The largest absolute Gasteiger partial charge is 0.491 e. The Balaban J connectivity index is 2.64. The van der Waals surface area contributed by atoms with E-state index in [1.807, 2.05) is 24.3 Å². The van der Waals surface area contributed by atoms with Crippen molar-refractivity contribution in [3.8, 4) is 5.75 Å². The van der Waals surface area contributed by atoms with Crippen LogP contribution < -0.4 is 10.1 Å². The number of carbonyl (C=O) groups excluding carboxylic acids is 1. The van der Waals surface area contributed by atoms with Crippen LogP contribution in [0.5, 0.6) is 5.75 Å². The number of esters is 1. The second-order valence-electron chi connectivity index (χ2n) is 3.76. The van der Waals surface area contributed by atoms with Crippen LogP contribution in [-0.2, 0) is 16.0 Å². The van der Waals surface area contributed by atoms with Crippen molar-refractivity contribution in [2.45, 2.75) is 12.5 Å². The molecule has 0 aliphatic heterocycles. The molecule has 1 unspecified atom stereocenters. The molecule has 18 heavy (non-hydrogen) atoms. The minimum absolute atomic E-state index is 0.0623. The zero-order valence-corrected chi connectivity index (χ0v) is 10.7. The summed E-state index contributed by atoms with van der Waals surface area (Å²) in [6.07, 6.45) is 0.526. The van der Waals surface area contributed by atoms with Crippen LogP contribution in [0.4, 0.5) is 0 Å². The number of hydrogen-bond acceptors (Lipinski definition) is 5. The molecule has 0 bridgehead atoms. The van der Waals surface area contributed by atoms with Crippen molar-refractivity contribution in [2.75, 3.05) is 27.4 Å². The first-order valence-electron chi connectivity index (χ1n) is 5.79. The summed E-state index contributed by atoms with van der Waals surface area (Å²) in [6.45, 7) is 0.248. The number of hydrogen-bond donors (Lipinski definition) is 2. The third-order valence-corrected chi connectivity index (χ3v) is 2.59. The van der Waals surface area contributed by atoms with E-state index >= 15 is 0 Å². The molecule has 0 fully saturated rings. The highest BCUT2D eigenvalue weighted by Crippen LogP contribution is 2.18. The van der Waals surface area contributed by atoms with Crippen molar-refractivity contribution in [3.05, 3.63) is 29.8 Å². The number of para-hydroxylation sites is 1. The van der Waals surface area contributed by atoms with Gasteiger partial charge in [0.2, 0.25) is 0 Å². The van der Waals surface area contributed by atoms with Crippen LogP contribution >= 0.6 is 0 Å². The predicted molar refractivity (Wildman–Crippen MR) is 67.6 cm³/mol. The maximum atomic E-state index is 11.4. The number of benzene rings is 1. The Morgan fingerprint density at radius 2 is 2.17 bits per heavy atom. The van der Waals surface area contributed by atoms with Gasteiger partial charge in [0.05, 0.1) is 7.11 Å². The summed E-state index contributed by atoms with van der Waals surface area (Å²) in [5.41, 5.74) is 0.916. The van der Waals surface area contributed by atoms with Gasteiger partial charge in [-0.3, -0.25) is 4.79 Å². The van der Waals surface area contributed by atoms with Crippen molar-refractivity contribution >= 4 is 5.97 Å². The van der Waals surface area contributed by atoms with Gasteiger partial charge in [-0.05, 0) is 25.1 Å². The van der Waals surface area contributed by atoms with E-state index in [9.17, 15) is 4.79 Å². The van der Waals surface area contributed by atoms with Crippen LogP contribution in [0, 0.1) is 0 Å². The molecule has 5 nitrogen and oxygen atoms in total. The SMILES string of the molecule is CNC(COc1ccccc1CCO)C(=O)OC. The lowest BCUT2D eigenvalue weighted by molar-refractivity contribution is -0.143. The van der Waals surface area contributed by atoms with Crippen LogP contribution in [0.25, 0.3) is 0 Å². The molecule has 0 amide bonds. The first kappa shape index (κ1) is 14.5. The molecular weight excluding hydrogens is 234 g/mol. The summed E-state index contributed by atoms with van der Waals surface area (Å²) in [4.78, 5) is 11.4. The molecule has 1 atom stereocenters. The van der Waals surface area contributed by atoms with E-state index in [0.717, 1.165) is 5.56 Å². The fraction of sp³-hybridized carbons (Fsp3) is 0.462. The lowest BCUT2D eigenvalue weighted by atomic mass is 10.1. The Labute approximate surface area is 107 Å². The predicted octanol–water partition coefficient (Wildman–Crippen LogP) is 0.361. The van der Waals surface area contributed by atoms with Gasteiger partial charge in [-0.2, -0.15) is 0 Å². The average molecular weight is 253 g/mol. The molecule has 100 valence electrons. The molecule has 0 radical (unpaired) electrons. The van der Waals surface area contributed by atoms with E-state index in [0.29, 0.717) is 12.2 Å². The molecule has 0 saturated heterocycles. The second-order valence-corrected chi connectivity index (χ2v) is 3.76. The fourth-order valence-corrected chi connectivity index (χ4v) is 1.56. The fourth-order valence-electron chi connectivity index (χ4n) is 1.56. The maximum absolute atomic E-state index is 11.4. The average Bonchev–Trinajstić information content (AvgIpc) is 2.41. The molecule has 0 aliphatic rings. The Morgan fingerprint density at radius 1 is 1.44 bits per heavy atom. The minimum atomic E-state index is -0.503. The van der Waals surface area contributed by atoms with Crippen LogP contribution in [0.2, 0.25) is 0 Å².